The van der Waals surface area contributed by atoms with E-state index in [1.807, 2.05) is 13.0 Å². The lowest BCUT2D eigenvalue weighted by atomic mass is 10.1. The van der Waals surface area contributed by atoms with Crippen molar-refractivity contribution in [3.05, 3.63) is 69.8 Å². The minimum absolute atomic E-state index is 0.0636. The second-order valence-corrected chi connectivity index (χ2v) is 7.45. The molecule has 31 heavy (non-hydrogen) atoms. The van der Waals surface area contributed by atoms with E-state index in [-0.39, 0.29) is 11.4 Å². The average Bonchev–Trinajstić information content (AvgIpc) is 3.10. The summed E-state index contributed by atoms with van der Waals surface area (Å²) in [6.07, 6.45) is 1.52. The monoisotopic (exact) mass is 419 g/mol. The molecule has 9 heteroatoms. The number of hydrogen-bond acceptors (Lipinski definition) is 4. The highest BCUT2D eigenvalue weighted by molar-refractivity contribution is 6.16. The van der Waals surface area contributed by atoms with E-state index in [2.05, 4.69) is 10.6 Å². The largest absolute Gasteiger partial charge is 0.329 e. The Bertz CT molecular complexity index is 1330. The van der Waals surface area contributed by atoms with Crippen molar-refractivity contribution in [3.8, 4) is 0 Å². The molecule has 1 aliphatic rings. The van der Waals surface area contributed by atoms with Crippen LogP contribution in [0.5, 0.6) is 0 Å². The molecule has 0 saturated carbocycles. The van der Waals surface area contributed by atoms with Crippen molar-refractivity contribution < 1.29 is 14.4 Å². The maximum absolute atomic E-state index is 12.7. The van der Waals surface area contributed by atoms with Gasteiger partial charge in [-0.3, -0.25) is 18.7 Å². The lowest BCUT2D eigenvalue weighted by molar-refractivity contribution is -0.127. The highest BCUT2D eigenvalue weighted by Gasteiger charge is 2.34. The summed E-state index contributed by atoms with van der Waals surface area (Å²) in [6.45, 7) is 1.50. The van der Waals surface area contributed by atoms with Gasteiger partial charge in [0, 0.05) is 19.8 Å². The Labute approximate surface area is 177 Å². The van der Waals surface area contributed by atoms with Gasteiger partial charge in [0.25, 0.3) is 5.91 Å². The molecule has 2 heterocycles. The van der Waals surface area contributed by atoms with Gasteiger partial charge in [0.1, 0.15) is 12.2 Å². The average molecular weight is 419 g/mol. The number of nitrogens with zero attached hydrogens (tertiary/aromatic N) is 3. The van der Waals surface area contributed by atoms with E-state index in [0.717, 1.165) is 16.0 Å². The molecule has 2 N–H and O–H groups in total. The molecular formula is C22H21N5O4. The van der Waals surface area contributed by atoms with E-state index < -0.39 is 24.4 Å². The molecule has 0 aliphatic carbocycles. The third kappa shape index (κ3) is 3.73. The molecule has 0 radical (unpaired) electrons. The Balaban J connectivity index is 1.53. The van der Waals surface area contributed by atoms with Crippen molar-refractivity contribution in [2.45, 2.75) is 6.92 Å². The van der Waals surface area contributed by atoms with Gasteiger partial charge in [-0.25, -0.2) is 14.5 Å². The smallest absolute Gasteiger partial charge is 0.325 e. The number of hydrogen-bond donors (Lipinski definition) is 2. The number of amides is 4. The van der Waals surface area contributed by atoms with Crippen molar-refractivity contribution in [1.82, 2.24) is 19.4 Å². The molecule has 1 aliphatic heterocycles. The van der Waals surface area contributed by atoms with E-state index in [9.17, 15) is 19.2 Å². The van der Waals surface area contributed by atoms with Crippen LogP contribution in [0.25, 0.3) is 17.1 Å². The summed E-state index contributed by atoms with van der Waals surface area (Å²) in [5.41, 5.74) is 3.58. The van der Waals surface area contributed by atoms with Crippen molar-refractivity contribution in [3.63, 3.8) is 0 Å². The van der Waals surface area contributed by atoms with Gasteiger partial charge in [0.2, 0.25) is 5.91 Å². The predicted octanol–water partition coefficient (Wildman–Crippen LogP) is 1.72. The number of rotatable bonds is 4. The summed E-state index contributed by atoms with van der Waals surface area (Å²) < 4.78 is 3.04. The molecule has 0 spiro atoms. The molecule has 1 saturated heterocycles. The summed E-state index contributed by atoms with van der Waals surface area (Å²) in [7, 11) is 3.35. The van der Waals surface area contributed by atoms with Crippen LogP contribution in [0.4, 0.5) is 10.5 Å². The van der Waals surface area contributed by atoms with Crippen LogP contribution in [-0.4, -0.2) is 38.4 Å². The van der Waals surface area contributed by atoms with E-state index in [1.54, 1.807) is 50.5 Å². The van der Waals surface area contributed by atoms with Gasteiger partial charge in [0.05, 0.1) is 11.0 Å². The first-order valence-corrected chi connectivity index (χ1v) is 9.61. The first-order valence-electron chi connectivity index (χ1n) is 9.61. The zero-order valence-corrected chi connectivity index (χ0v) is 17.3. The number of carbonyl (C=O) groups is 3. The van der Waals surface area contributed by atoms with Crippen molar-refractivity contribution in [2.75, 3.05) is 11.9 Å². The number of imide groups is 1. The second-order valence-electron chi connectivity index (χ2n) is 7.45. The number of benzene rings is 2. The van der Waals surface area contributed by atoms with Gasteiger partial charge in [-0.2, -0.15) is 0 Å². The van der Waals surface area contributed by atoms with Gasteiger partial charge < -0.3 is 10.6 Å². The number of urea groups is 1. The van der Waals surface area contributed by atoms with E-state index in [4.69, 9.17) is 0 Å². The van der Waals surface area contributed by atoms with Crippen LogP contribution in [0, 0.1) is 6.92 Å². The Kier molecular flexibility index (Phi) is 4.94. The van der Waals surface area contributed by atoms with Crippen LogP contribution in [0.2, 0.25) is 0 Å². The van der Waals surface area contributed by atoms with Crippen molar-refractivity contribution >= 4 is 40.6 Å². The second kappa shape index (κ2) is 7.60. The van der Waals surface area contributed by atoms with Gasteiger partial charge in [-0.05, 0) is 48.4 Å². The Morgan fingerprint density at radius 1 is 1.03 bits per heavy atom. The summed E-state index contributed by atoms with van der Waals surface area (Å²) in [5.74, 6) is -1.07. The van der Waals surface area contributed by atoms with E-state index in [0.29, 0.717) is 16.8 Å². The summed E-state index contributed by atoms with van der Waals surface area (Å²) in [4.78, 5) is 50.2. The third-order valence-electron chi connectivity index (χ3n) is 5.17. The number of aromatic nitrogens is 2. The number of imidazole rings is 1. The Morgan fingerprint density at radius 3 is 2.52 bits per heavy atom. The lowest BCUT2D eigenvalue weighted by Crippen LogP contribution is -2.38. The molecule has 4 rings (SSSR count). The molecule has 2 aromatic carbocycles. The standard InChI is InChI=1S/C22H21N5O4/c1-13-5-4-6-15(9-13)23-19(28)12-27-20(29)16(24-21(27)30)10-14-7-8-17-18(11-14)26(3)22(31)25(17)2/h4-11H,12H2,1-3H3,(H,23,28)(H,24,30)/b16-10+. The molecule has 4 amide bonds. The number of carbonyl (C=O) groups excluding carboxylic acids is 3. The van der Waals surface area contributed by atoms with Crippen LogP contribution in [0.3, 0.4) is 0 Å². The fourth-order valence-electron chi connectivity index (χ4n) is 3.56. The zero-order chi connectivity index (χ0) is 22.3. The Hall–Kier alpha value is -4.14. The normalized spacial score (nSPS) is 15.1. The van der Waals surface area contributed by atoms with Gasteiger partial charge in [-0.15, -0.1) is 0 Å². The third-order valence-corrected chi connectivity index (χ3v) is 5.17. The molecule has 3 aromatic rings. The number of fused-ring (bicyclic) bond motifs is 1. The van der Waals surface area contributed by atoms with Crippen LogP contribution < -0.4 is 16.3 Å². The number of aryl methyl sites for hydroxylation is 3. The number of nitrogens with one attached hydrogen (secondary N) is 2. The summed E-state index contributed by atoms with van der Waals surface area (Å²) in [6, 6.07) is 11.9. The van der Waals surface area contributed by atoms with E-state index >= 15 is 0 Å². The fraction of sp³-hybridized carbons (Fsp3) is 0.182. The van der Waals surface area contributed by atoms with Crippen LogP contribution >= 0.6 is 0 Å². The first-order chi connectivity index (χ1) is 14.7. The first kappa shape index (κ1) is 20.1. The minimum Gasteiger partial charge on any atom is -0.325 e. The summed E-state index contributed by atoms with van der Waals surface area (Å²) >= 11 is 0. The van der Waals surface area contributed by atoms with Gasteiger partial charge >= 0.3 is 11.7 Å². The SMILES string of the molecule is Cc1cccc(NC(=O)CN2C(=O)N/C(=C/c3ccc4c(c3)n(C)c(=O)n4C)C2=O)c1. The molecule has 0 bridgehead atoms. The highest BCUT2D eigenvalue weighted by atomic mass is 16.2. The summed E-state index contributed by atoms with van der Waals surface area (Å²) in [5, 5.41) is 5.19. The van der Waals surface area contributed by atoms with Gasteiger partial charge in [-0.1, -0.05) is 18.2 Å². The molecular weight excluding hydrogens is 398 g/mol. The number of anilines is 1. The maximum Gasteiger partial charge on any atom is 0.329 e. The molecule has 158 valence electrons. The minimum atomic E-state index is -0.663. The van der Waals surface area contributed by atoms with Crippen LogP contribution in [0.1, 0.15) is 11.1 Å². The topological polar surface area (TPSA) is 105 Å². The molecule has 1 fully saturated rings. The molecule has 1 aromatic heterocycles. The molecule has 9 nitrogen and oxygen atoms in total. The Morgan fingerprint density at radius 2 is 1.77 bits per heavy atom. The predicted molar refractivity (Wildman–Crippen MR) is 116 cm³/mol. The fourth-order valence-corrected chi connectivity index (χ4v) is 3.56. The molecule has 0 unspecified atom stereocenters. The molecule has 0 atom stereocenters. The quantitative estimate of drug-likeness (QED) is 0.496. The van der Waals surface area contributed by atoms with Crippen LogP contribution in [-0.2, 0) is 23.7 Å². The van der Waals surface area contributed by atoms with Crippen molar-refractivity contribution in [1.29, 1.82) is 0 Å². The van der Waals surface area contributed by atoms with Gasteiger partial charge in [0.15, 0.2) is 0 Å². The lowest BCUT2D eigenvalue weighted by Gasteiger charge is -2.12. The van der Waals surface area contributed by atoms with E-state index in [1.165, 1.54) is 15.2 Å². The van der Waals surface area contributed by atoms with Crippen molar-refractivity contribution in [2.24, 2.45) is 14.1 Å². The maximum atomic E-state index is 12.7. The highest BCUT2D eigenvalue weighted by Crippen LogP contribution is 2.19. The zero-order valence-electron chi connectivity index (χ0n) is 17.3. The van der Waals surface area contributed by atoms with Crippen LogP contribution in [0.15, 0.2) is 53.0 Å².